The number of methoxy groups -OCH3 is 1. The van der Waals surface area contributed by atoms with E-state index in [4.69, 9.17) is 5.11 Å². The number of aryl methyl sites for hydroxylation is 1. The number of rotatable bonds is 1. The number of benzene rings is 1. The molecule has 0 saturated carbocycles. The molecule has 0 atom stereocenters. The first-order valence-corrected chi connectivity index (χ1v) is 4.72. The van der Waals surface area contributed by atoms with Gasteiger partial charge in [-0.05, 0) is 24.6 Å². The highest BCUT2D eigenvalue weighted by Crippen LogP contribution is 2.16. The molecule has 0 saturated heterocycles. The molecule has 0 aliphatic heterocycles. The van der Waals surface area contributed by atoms with Gasteiger partial charge < -0.3 is 9.84 Å². The molecule has 1 aromatic rings. The zero-order valence-electron chi connectivity index (χ0n) is 9.20. The first-order valence-electron chi connectivity index (χ1n) is 4.72. The highest BCUT2D eigenvalue weighted by molar-refractivity contribution is 5.86. The molecule has 1 rings (SSSR count). The largest absolute Gasteiger partial charge is 0.453 e. The SMILES string of the molecule is COC(=O)Nc1ccc(C)cc1C#CCO. The summed E-state index contributed by atoms with van der Waals surface area (Å²) in [5.74, 6) is 5.30. The van der Waals surface area contributed by atoms with Gasteiger partial charge in [-0.25, -0.2) is 4.79 Å². The van der Waals surface area contributed by atoms with Crippen LogP contribution in [0, 0.1) is 18.8 Å². The molecule has 0 aliphatic rings. The fraction of sp³-hybridized carbons (Fsp3) is 0.250. The quantitative estimate of drug-likeness (QED) is 0.704. The Labute approximate surface area is 94.2 Å². The Morgan fingerprint density at radius 2 is 2.31 bits per heavy atom. The monoisotopic (exact) mass is 219 g/mol. The number of hydrogen-bond donors (Lipinski definition) is 2. The van der Waals surface area contributed by atoms with E-state index in [1.54, 1.807) is 6.07 Å². The highest BCUT2D eigenvalue weighted by Gasteiger charge is 2.04. The van der Waals surface area contributed by atoms with Crippen molar-refractivity contribution >= 4 is 11.8 Å². The number of ether oxygens (including phenoxy) is 1. The highest BCUT2D eigenvalue weighted by atomic mass is 16.5. The standard InChI is InChI=1S/C12H13NO3/c1-9-5-6-11(13-12(15)16-2)10(8-9)4-3-7-14/h5-6,8,14H,7H2,1-2H3,(H,13,15). The lowest BCUT2D eigenvalue weighted by Crippen LogP contribution is -2.12. The van der Waals surface area contributed by atoms with Crippen LogP contribution in [0.25, 0.3) is 0 Å². The van der Waals surface area contributed by atoms with Crippen molar-refractivity contribution in [3.05, 3.63) is 29.3 Å². The third kappa shape index (κ3) is 3.30. The van der Waals surface area contributed by atoms with Crippen LogP contribution in [0.3, 0.4) is 0 Å². The van der Waals surface area contributed by atoms with E-state index in [1.807, 2.05) is 19.1 Å². The van der Waals surface area contributed by atoms with Crippen molar-refractivity contribution in [1.82, 2.24) is 0 Å². The van der Waals surface area contributed by atoms with Crippen LogP contribution in [0.1, 0.15) is 11.1 Å². The van der Waals surface area contributed by atoms with Crippen LogP contribution < -0.4 is 5.32 Å². The summed E-state index contributed by atoms with van der Waals surface area (Å²) in [6.07, 6.45) is -0.545. The van der Waals surface area contributed by atoms with E-state index in [0.717, 1.165) is 5.56 Å². The van der Waals surface area contributed by atoms with Gasteiger partial charge in [0.15, 0.2) is 0 Å². The maximum absolute atomic E-state index is 11.1. The van der Waals surface area contributed by atoms with Gasteiger partial charge in [-0.15, -0.1) is 0 Å². The lowest BCUT2D eigenvalue weighted by Gasteiger charge is -2.06. The molecular weight excluding hydrogens is 206 g/mol. The van der Waals surface area contributed by atoms with E-state index >= 15 is 0 Å². The van der Waals surface area contributed by atoms with Crippen molar-refractivity contribution < 1.29 is 14.6 Å². The van der Waals surface area contributed by atoms with Gasteiger partial charge in [0.2, 0.25) is 0 Å². The van der Waals surface area contributed by atoms with Crippen molar-refractivity contribution in [1.29, 1.82) is 0 Å². The normalized spacial score (nSPS) is 8.94. The Morgan fingerprint density at radius 3 is 2.94 bits per heavy atom. The van der Waals surface area contributed by atoms with E-state index in [2.05, 4.69) is 21.9 Å². The molecule has 0 aromatic heterocycles. The molecule has 0 bridgehead atoms. The zero-order chi connectivity index (χ0) is 12.0. The van der Waals surface area contributed by atoms with Crippen LogP contribution in [0.4, 0.5) is 10.5 Å². The lowest BCUT2D eigenvalue weighted by molar-refractivity contribution is 0.187. The Hall–Kier alpha value is -1.99. The van der Waals surface area contributed by atoms with Crippen LogP contribution >= 0.6 is 0 Å². The lowest BCUT2D eigenvalue weighted by atomic mass is 10.1. The molecule has 1 amide bonds. The van der Waals surface area contributed by atoms with E-state index in [-0.39, 0.29) is 6.61 Å². The minimum atomic E-state index is -0.545. The number of carbonyl (C=O) groups is 1. The Balaban J connectivity index is 3.02. The molecule has 0 aliphatic carbocycles. The smallest absolute Gasteiger partial charge is 0.411 e. The summed E-state index contributed by atoms with van der Waals surface area (Å²) in [7, 11) is 1.29. The third-order valence-corrected chi connectivity index (χ3v) is 1.90. The molecular formula is C12H13NO3. The molecule has 4 heteroatoms. The molecule has 0 heterocycles. The first-order chi connectivity index (χ1) is 7.67. The number of nitrogens with one attached hydrogen (secondary N) is 1. The molecule has 4 nitrogen and oxygen atoms in total. The number of aliphatic hydroxyl groups excluding tert-OH is 1. The number of anilines is 1. The summed E-state index contributed by atoms with van der Waals surface area (Å²) >= 11 is 0. The van der Waals surface area contributed by atoms with Crippen LogP contribution in [0.5, 0.6) is 0 Å². The molecule has 84 valence electrons. The maximum atomic E-state index is 11.1. The Morgan fingerprint density at radius 1 is 1.56 bits per heavy atom. The summed E-state index contributed by atoms with van der Waals surface area (Å²) in [4.78, 5) is 11.1. The molecule has 2 N–H and O–H groups in total. The van der Waals surface area contributed by atoms with E-state index in [1.165, 1.54) is 7.11 Å². The van der Waals surface area contributed by atoms with Crippen LogP contribution in [0.15, 0.2) is 18.2 Å². The number of carbonyl (C=O) groups excluding carboxylic acids is 1. The summed E-state index contributed by atoms with van der Waals surface area (Å²) in [6, 6.07) is 5.43. The van der Waals surface area contributed by atoms with Gasteiger partial charge in [0.1, 0.15) is 6.61 Å². The second-order valence-corrected chi connectivity index (χ2v) is 3.13. The number of aliphatic hydroxyl groups is 1. The number of amides is 1. The van der Waals surface area contributed by atoms with Crippen molar-refractivity contribution in [3.63, 3.8) is 0 Å². The van der Waals surface area contributed by atoms with E-state index in [0.29, 0.717) is 11.3 Å². The van der Waals surface area contributed by atoms with Crippen LogP contribution in [-0.2, 0) is 4.74 Å². The fourth-order valence-electron chi connectivity index (χ4n) is 1.17. The summed E-state index contributed by atoms with van der Waals surface area (Å²) in [5.41, 5.74) is 2.25. The average molecular weight is 219 g/mol. The predicted octanol–water partition coefficient (Wildman–Crippen LogP) is 1.52. The molecule has 0 unspecified atom stereocenters. The van der Waals surface area contributed by atoms with Gasteiger partial charge in [0, 0.05) is 5.56 Å². The predicted molar refractivity (Wildman–Crippen MR) is 61.2 cm³/mol. The topological polar surface area (TPSA) is 58.6 Å². The van der Waals surface area contributed by atoms with Gasteiger partial charge in [-0.1, -0.05) is 17.9 Å². The Kier molecular flexibility index (Phi) is 4.37. The maximum Gasteiger partial charge on any atom is 0.411 e. The molecule has 0 fully saturated rings. The van der Waals surface area contributed by atoms with Crippen molar-refractivity contribution in [2.45, 2.75) is 6.92 Å². The van der Waals surface area contributed by atoms with Crippen molar-refractivity contribution in [3.8, 4) is 11.8 Å². The minimum Gasteiger partial charge on any atom is -0.453 e. The summed E-state index contributed by atoms with van der Waals surface area (Å²) in [5, 5.41) is 11.2. The first kappa shape index (κ1) is 12.1. The van der Waals surface area contributed by atoms with Crippen molar-refractivity contribution in [2.24, 2.45) is 0 Å². The van der Waals surface area contributed by atoms with Gasteiger partial charge in [0.05, 0.1) is 12.8 Å². The van der Waals surface area contributed by atoms with Gasteiger partial charge in [-0.2, -0.15) is 0 Å². The second kappa shape index (κ2) is 5.79. The molecule has 0 spiro atoms. The van der Waals surface area contributed by atoms with E-state index < -0.39 is 6.09 Å². The molecule has 1 aromatic carbocycles. The van der Waals surface area contributed by atoms with E-state index in [9.17, 15) is 4.79 Å². The van der Waals surface area contributed by atoms with Crippen molar-refractivity contribution in [2.75, 3.05) is 19.0 Å². The molecule has 16 heavy (non-hydrogen) atoms. The average Bonchev–Trinajstić information content (AvgIpc) is 2.29. The second-order valence-electron chi connectivity index (χ2n) is 3.13. The van der Waals surface area contributed by atoms with Crippen LogP contribution in [-0.4, -0.2) is 24.9 Å². The van der Waals surface area contributed by atoms with Gasteiger partial charge in [0.25, 0.3) is 0 Å². The summed E-state index contributed by atoms with van der Waals surface area (Å²) in [6.45, 7) is 1.71. The van der Waals surface area contributed by atoms with Crippen LogP contribution in [0.2, 0.25) is 0 Å². The minimum absolute atomic E-state index is 0.217. The van der Waals surface area contributed by atoms with Gasteiger partial charge in [-0.3, -0.25) is 5.32 Å². The fourth-order valence-corrected chi connectivity index (χ4v) is 1.17. The molecule has 0 radical (unpaired) electrons. The van der Waals surface area contributed by atoms with Gasteiger partial charge >= 0.3 is 6.09 Å². The number of hydrogen-bond acceptors (Lipinski definition) is 3. The summed E-state index contributed by atoms with van der Waals surface area (Å²) < 4.78 is 4.50. The Bertz CT molecular complexity index is 443. The zero-order valence-corrected chi connectivity index (χ0v) is 9.20. The third-order valence-electron chi connectivity index (χ3n) is 1.90.